The van der Waals surface area contributed by atoms with E-state index in [1.807, 2.05) is 6.08 Å². The van der Waals surface area contributed by atoms with Crippen LogP contribution in [0.2, 0.25) is 0 Å². The molecule has 0 bridgehead atoms. The zero-order chi connectivity index (χ0) is 10.6. The minimum atomic E-state index is 1.12. The summed E-state index contributed by atoms with van der Waals surface area (Å²) in [7, 11) is 0. The maximum absolute atomic E-state index is 3.71. The number of nitrogens with one attached hydrogen (secondary N) is 1. The quantitative estimate of drug-likeness (QED) is 0.428. The summed E-state index contributed by atoms with van der Waals surface area (Å²) in [6, 6.07) is 0. The van der Waals surface area contributed by atoms with Crippen LogP contribution in [-0.2, 0) is 0 Å². The maximum atomic E-state index is 3.71. The summed E-state index contributed by atoms with van der Waals surface area (Å²) in [4.78, 5) is 2.49. The van der Waals surface area contributed by atoms with Crippen LogP contribution in [0.3, 0.4) is 0 Å². The van der Waals surface area contributed by atoms with Gasteiger partial charge in [-0.05, 0) is 38.9 Å². The highest BCUT2D eigenvalue weighted by atomic mass is 15.1. The summed E-state index contributed by atoms with van der Waals surface area (Å²) >= 11 is 0. The normalized spacial score (nSPS) is 10.8. The minimum Gasteiger partial charge on any atom is -0.315 e. The van der Waals surface area contributed by atoms with E-state index in [0.29, 0.717) is 0 Å². The number of allylic oxidation sites excluding steroid dienone is 1. The lowest BCUT2D eigenvalue weighted by Gasteiger charge is -2.19. The first-order valence-electron chi connectivity index (χ1n) is 5.89. The Kier molecular flexibility index (Phi) is 10.5. The van der Waals surface area contributed by atoms with Gasteiger partial charge in [-0.3, -0.25) is 0 Å². The second-order valence-corrected chi connectivity index (χ2v) is 3.62. The van der Waals surface area contributed by atoms with E-state index in [1.165, 1.54) is 32.5 Å². The first-order valence-corrected chi connectivity index (χ1v) is 5.89. The van der Waals surface area contributed by atoms with Crippen molar-refractivity contribution in [2.75, 3.05) is 32.7 Å². The van der Waals surface area contributed by atoms with Gasteiger partial charge in [0.05, 0.1) is 0 Å². The second-order valence-electron chi connectivity index (χ2n) is 3.62. The highest BCUT2D eigenvalue weighted by Gasteiger charge is 1.98. The molecule has 14 heavy (non-hydrogen) atoms. The lowest BCUT2D eigenvalue weighted by atomic mass is 10.3. The molecule has 0 amide bonds. The molecule has 0 fully saturated rings. The largest absolute Gasteiger partial charge is 0.315 e. The van der Waals surface area contributed by atoms with Crippen LogP contribution in [0.1, 0.15) is 33.1 Å². The van der Waals surface area contributed by atoms with E-state index in [-0.39, 0.29) is 0 Å². The molecule has 0 aromatic rings. The maximum Gasteiger partial charge on any atom is 0.0107 e. The molecular weight excluding hydrogens is 172 g/mol. The third kappa shape index (κ3) is 8.27. The van der Waals surface area contributed by atoms with Crippen molar-refractivity contribution in [3.05, 3.63) is 12.7 Å². The Balaban J connectivity index is 3.19. The van der Waals surface area contributed by atoms with Crippen molar-refractivity contribution < 1.29 is 0 Å². The number of nitrogens with zero attached hydrogens (tertiary/aromatic N) is 1. The fourth-order valence-corrected chi connectivity index (χ4v) is 1.48. The Hall–Kier alpha value is -0.340. The molecule has 0 unspecified atom stereocenters. The van der Waals surface area contributed by atoms with Crippen molar-refractivity contribution in [1.29, 1.82) is 0 Å². The lowest BCUT2D eigenvalue weighted by Crippen LogP contribution is -2.32. The van der Waals surface area contributed by atoms with Gasteiger partial charge in [0.1, 0.15) is 0 Å². The highest BCUT2D eigenvalue weighted by Crippen LogP contribution is 1.90. The van der Waals surface area contributed by atoms with Crippen molar-refractivity contribution in [2.24, 2.45) is 0 Å². The Bertz CT molecular complexity index is 123. The molecular formula is C12H26N2. The molecule has 0 saturated carbocycles. The molecule has 1 N–H and O–H groups in total. The van der Waals surface area contributed by atoms with Crippen LogP contribution in [0.25, 0.3) is 0 Å². The van der Waals surface area contributed by atoms with Gasteiger partial charge in [0, 0.05) is 13.1 Å². The highest BCUT2D eigenvalue weighted by molar-refractivity contribution is 4.66. The first kappa shape index (κ1) is 13.7. The van der Waals surface area contributed by atoms with Gasteiger partial charge in [0.15, 0.2) is 0 Å². The molecule has 84 valence electrons. The predicted molar refractivity (Wildman–Crippen MR) is 64.7 cm³/mol. The zero-order valence-corrected chi connectivity index (χ0v) is 9.89. The van der Waals surface area contributed by atoms with Gasteiger partial charge >= 0.3 is 0 Å². The molecule has 0 aliphatic rings. The van der Waals surface area contributed by atoms with Gasteiger partial charge in [-0.2, -0.15) is 0 Å². The zero-order valence-electron chi connectivity index (χ0n) is 9.89. The van der Waals surface area contributed by atoms with Crippen molar-refractivity contribution in [2.45, 2.75) is 33.1 Å². The standard InChI is InChI=1S/C12H26N2/c1-4-7-8-9-13-10-12-14(6-3)11-5-2/h4,13H,1,5-12H2,2-3H3. The molecule has 0 aromatic heterocycles. The predicted octanol–water partition coefficient (Wildman–Crippen LogP) is 2.27. The number of unbranched alkanes of at least 4 members (excludes halogenated alkanes) is 1. The monoisotopic (exact) mass is 198 g/mol. The summed E-state index contributed by atoms with van der Waals surface area (Å²) in [5.41, 5.74) is 0. The molecule has 0 heterocycles. The van der Waals surface area contributed by atoms with E-state index in [4.69, 9.17) is 0 Å². The second kappa shape index (κ2) is 10.7. The van der Waals surface area contributed by atoms with E-state index in [1.54, 1.807) is 0 Å². The number of rotatable bonds is 10. The third-order valence-corrected chi connectivity index (χ3v) is 2.35. The van der Waals surface area contributed by atoms with Crippen molar-refractivity contribution in [1.82, 2.24) is 10.2 Å². The summed E-state index contributed by atoms with van der Waals surface area (Å²) in [6.45, 7) is 14.0. The van der Waals surface area contributed by atoms with E-state index in [2.05, 4.69) is 30.6 Å². The minimum absolute atomic E-state index is 1.12. The van der Waals surface area contributed by atoms with Crippen molar-refractivity contribution in [3.63, 3.8) is 0 Å². The summed E-state index contributed by atoms with van der Waals surface area (Å²) in [5, 5.41) is 3.45. The Morgan fingerprint density at radius 3 is 2.57 bits per heavy atom. The summed E-state index contributed by atoms with van der Waals surface area (Å²) in [6.07, 6.45) is 5.57. The van der Waals surface area contributed by atoms with Gasteiger partial charge in [-0.1, -0.05) is 19.9 Å². The fourth-order valence-electron chi connectivity index (χ4n) is 1.48. The van der Waals surface area contributed by atoms with Crippen LogP contribution in [-0.4, -0.2) is 37.6 Å². The fraction of sp³-hybridized carbons (Fsp3) is 0.833. The molecule has 0 atom stereocenters. The van der Waals surface area contributed by atoms with Crippen LogP contribution < -0.4 is 5.32 Å². The van der Waals surface area contributed by atoms with Crippen LogP contribution >= 0.6 is 0 Å². The molecule has 0 rings (SSSR count). The topological polar surface area (TPSA) is 15.3 Å². The Morgan fingerprint density at radius 2 is 2.00 bits per heavy atom. The average molecular weight is 198 g/mol. The van der Waals surface area contributed by atoms with Crippen LogP contribution in [0.15, 0.2) is 12.7 Å². The molecule has 0 spiro atoms. The number of likely N-dealkylation sites (N-methyl/N-ethyl adjacent to an activating group) is 1. The van der Waals surface area contributed by atoms with Crippen molar-refractivity contribution in [3.8, 4) is 0 Å². The van der Waals surface area contributed by atoms with Gasteiger partial charge in [0.25, 0.3) is 0 Å². The average Bonchev–Trinajstić information content (AvgIpc) is 2.21. The smallest absolute Gasteiger partial charge is 0.0107 e. The van der Waals surface area contributed by atoms with E-state index < -0.39 is 0 Å². The SMILES string of the molecule is C=CCCCNCCN(CC)CCC. The Labute approximate surface area is 89.4 Å². The molecule has 2 heteroatoms. The van der Waals surface area contributed by atoms with E-state index in [0.717, 1.165) is 19.5 Å². The van der Waals surface area contributed by atoms with E-state index >= 15 is 0 Å². The number of hydrogen-bond acceptors (Lipinski definition) is 2. The number of hydrogen-bond donors (Lipinski definition) is 1. The van der Waals surface area contributed by atoms with E-state index in [9.17, 15) is 0 Å². The van der Waals surface area contributed by atoms with Gasteiger partial charge in [-0.25, -0.2) is 0 Å². The Morgan fingerprint density at radius 1 is 1.21 bits per heavy atom. The van der Waals surface area contributed by atoms with Crippen LogP contribution in [0.4, 0.5) is 0 Å². The van der Waals surface area contributed by atoms with Gasteiger partial charge in [0.2, 0.25) is 0 Å². The molecule has 0 saturated heterocycles. The third-order valence-electron chi connectivity index (χ3n) is 2.35. The summed E-state index contributed by atoms with van der Waals surface area (Å²) < 4.78 is 0. The lowest BCUT2D eigenvalue weighted by molar-refractivity contribution is 0.288. The molecule has 2 nitrogen and oxygen atoms in total. The van der Waals surface area contributed by atoms with Crippen LogP contribution in [0, 0.1) is 0 Å². The van der Waals surface area contributed by atoms with Crippen LogP contribution in [0.5, 0.6) is 0 Å². The molecule has 0 aromatic carbocycles. The molecule has 0 aliphatic heterocycles. The molecule has 0 radical (unpaired) electrons. The van der Waals surface area contributed by atoms with Crippen molar-refractivity contribution >= 4 is 0 Å². The first-order chi connectivity index (χ1) is 6.85. The molecule has 0 aliphatic carbocycles. The summed E-state index contributed by atoms with van der Waals surface area (Å²) in [5.74, 6) is 0. The van der Waals surface area contributed by atoms with Gasteiger partial charge < -0.3 is 10.2 Å². The van der Waals surface area contributed by atoms with Gasteiger partial charge in [-0.15, -0.1) is 6.58 Å².